The lowest BCUT2D eigenvalue weighted by Gasteiger charge is -2.12. The fourth-order valence-electron chi connectivity index (χ4n) is 2.73. The Bertz CT molecular complexity index is 1060. The van der Waals surface area contributed by atoms with Gasteiger partial charge >= 0.3 is 0 Å². The van der Waals surface area contributed by atoms with Crippen molar-refractivity contribution in [2.24, 2.45) is 0 Å². The molecule has 0 atom stereocenters. The fraction of sp³-hybridized carbons (Fsp3) is 0.130. The topological polar surface area (TPSA) is 67.4 Å². The first kappa shape index (κ1) is 21.7. The number of hydrogen-bond acceptors (Lipinski definition) is 3. The molecule has 0 bridgehead atoms. The second kappa shape index (κ2) is 10.1. The van der Waals surface area contributed by atoms with Crippen LogP contribution in [0.15, 0.2) is 66.7 Å². The second-order valence-electron chi connectivity index (χ2n) is 6.61. The minimum absolute atomic E-state index is 0.191. The standard InChI is InChI=1S/C23H20Cl2N2O3/c1-15-11-18(30-14-16-5-3-2-4-6-16)8-10-21(15)27-22(28)13-26-23(29)19-9-7-17(24)12-20(19)25/h2-12H,13-14H2,1H3,(H,26,29)(H,27,28). The minimum Gasteiger partial charge on any atom is -0.489 e. The Balaban J connectivity index is 1.52. The predicted molar refractivity (Wildman–Crippen MR) is 119 cm³/mol. The monoisotopic (exact) mass is 442 g/mol. The number of carbonyl (C=O) groups excluding carboxylic acids is 2. The number of amides is 2. The van der Waals surface area contributed by atoms with E-state index >= 15 is 0 Å². The van der Waals surface area contributed by atoms with Crippen LogP contribution >= 0.6 is 23.2 Å². The summed E-state index contributed by atoms with van der Waals surface area (Å²) in [5, 5.41) is 5.98. The van der Waals surface area contributed by atoms with Gasteiger partial charge in [-0.15, -0.1) is 0 Å². The quantitative estimate of drug-likeness (QED) is 0.524. The Kier molecular flexibility index (Phi) is 7.33. The van der Waals surface area contributed by atoms with Crippen LogP contribution in [-0.2, 0) is 11.4 Å². The van der Waals surface area contributed by atoms with Crippen molar-refractivity contribution in [3.8, 4) is 5.75 Å². The van der Waals surface area contributed by atoms with Gasteiger partial charge in [0.1, 0.15) is 12.4 Å². The molecule has 0 aliphatic rings. The first-order chi connectivity index (χ1) is 14.4. The molecule has 30 heavy (non-hydrogen) atoms. The highest BCUT2D eigenvalue weighted by Crippen LogP contribution is 2.23. The van der Waals surface area contributed by atoms with Gasteiger partial charge in [0, 0.05) is 10.7 Å². The zero-order valence-electron chi connectivity index (χ0n) is 16.2. The smallest absolute Gasteiger partial charge is 0.253 e. The SMILES string of the molecule is Cc1cc(OCc2ccccc2)ccc1NC(=O)CNC(=O)c1ccc(Cl)cc1Cl. The van der Waals surface area contributed by atoms with Crippen molar-refractivity contribution in [3.05, 3.63) is 93.5 Å². The summed E-state index contributed by atoms with van der Waals surface area (Å²) in [5.74, 6) is -0.0947. The van der Waals surface area contributed by atoms with Gasteiger partial charge in [0.25, 0.3) is 5.91 Å². The van der Waals surface area contributed by atoms with E-state index in [9.17, 15) is 9.59 Å². The largest absolute Gasteiger partial charge is 0.489 e. The molecule has 0 spiro atoms. The van der Waals surface area contributed by atoms with Crippen LogP contribution in [-0.4, -0.2) is 18.4 Å². The number of benzene rings is 3. The Morgan fingerprint density at radius 3 is 2.43 bits per heavy atom. The maximum Gasteiger partial charge on any atom is 0.253 e. The van der Waals surface area contributed by atoms with Crippen molar-refractivity contribution in [1.29, 1.82) is 0 Å². The Labute approximate surface area is 185 Å². The molecule has 2 amide bonds. The molecule has 2 N–H and O–H groups in total. The van der Waals surface area contributed by atoms with Gasteiger partial charge in [-0.2, -0.15) is 0 Å². The van der Waals surface area contributed by atoms with Crippen LogP contribution in [0.1, 0.15) is 21.5 Å². The van der Waals surface area contributed by atoms with E-state index in [1.807, 2.05) is 43.3 Å². The summed E-state index contributed by atoms with van der Waals surface area (Å²) >= 11 is 11.8. The molecule has 0 saturated heterocycles. The molecule has 0 aliphatic heterocycles. The number of anilines is 1. The summed E-state index contributed by atoms with van der Waals surface area (Å²) in [5.41, 5.74) is 2.82. The van der Waals surface area contributed by atoms with Gasteiger partial charge in [0.05, 0.1) is 17.1 Å². The zero-order chi connectivity index (χ0) is 21.5. The third kappa shape index (κ3) is 5.99. The number of nitrogens with one attached hydrogen (secondary N) is 2. The summed E-state index contributed by atoms with van der Waals surface area (Å²) in [6.07, 6.45) is 0. The van der Waals surface area contributed by atoms with Crippen LogP contribution in [0.4, 0.5) is 5.69 Å². The maximum atomic E-state index is 12.2. The molecule has 3 rings (SSSR count). The fourth-order valence-corrected chi connectivity index (χ4v) is 3.23. The van der Waals surface area contributed by atoms with Gasteiger partial charge in [-0.3, -0.25) is 9.59 Å². The van der Waals surface area contributed by atoms with E-state index in [1.165, 1.54) is 12.1 Å². The van der Waals surface area contributed by atoms with E-state index in [0.29, 0.717) is 23.1 Å². The highest BCUT2D eigenvalue weighted by atomic mass is 35.5. The van der Waals surface area contributed by atoms with Gasteiger partial charge in [-0.05, 0) is 54.4 Å². The van der Waals surface area contributed by atoms with E-state index < -0.39 is 5.91 Å². The molecule has 3 aromatic carbocycles. The van der Waals surface area contributed by atoms with Gasteiger partial charge in [-0.1, -0.05) is 53.5 Å². The molecule has 0 unspecified atom stereocenters. The predicted octanol–water partition coefficient (Wildman–Crippen LogP) is 5.25. The van der Waals surface area contributed by atoms with Crippen molar-refractivity contribution >= 4 is 40.7 Å². The molecule has 154 valence electrons. The molecule has 3 aromatic rings. The minimum atomic E-state index is -0.451. The lowest BCUT2D eigenvalue weighted by Crippen LogP contribution is -2.33. The van der Waals surface area contributed by atoms with Crippen molar-refractivity contribution in [2.75, 3.05) is 11.9 Å². The second-order valence-corrected chi connectivity index (χ2v) is 7.45. The summed E-state index contributed by atoms with van der Waals surface area (Å²) in [6, 6.07) is 19.8. The molecular formula is C23H20Cl2N2O3. The van der Waals surface area contributed by atoms with Crippen molar-refractivity contribution < 1.29 is 14.3 Å². The van der Waals surface area contributed by atoms with E-state index in [4.69, 9.17) is 27.9 Å². The van der Waals surface area contributed by atoms with Gasteiger partial charge in [0.2, 0.25) is 5.91 Å². The number of rotatable bonds is 7. The van der Waals surface area contributed by atoms with Crippen molar-refractivity contribution in [2.45, 2.75) is 13.5 Å². The average Bonchev–Trinajstić information content (AvgIpc) is 2.73. The molecular weight excluding hydrogens is 423 g/mol. The Morgan fingerprint density at radius 1 is 0.967 bits per heavy atom. The van der Waals surface area contributed by atoms with Crippen molar-refractivity contribution in [3.63, 3.8) is 0 Å². The molecule has 7 heteroatoms. The zero-order valence-corrected chi connectivity index (χ0v) is 17.8. The van der Waals surface area contributed by atoms with Crippen LogP contribution in [0.2, 0.25) is 10.0 Å². The van der Waals surface area contributed by atoms with Crippen LogP contribution in [0.3, 0.4) is 0 Å². The normalized spacial score (nSPS) is 10.4. The first-order valence-electron chi connectivity index (χ1n) is 9.23. The summed E-state index contributed by atoms with van der Waals surface area (Å²) in [6.45, 7) is 2.14. The third-order valence-corrected chi connectivity index (χ3v) is 4.85. The summed E-state index contributed by atoms with van der Waals surface area (Å²) in [4.78, 5) is 24.4. The molecule has 0 heterocycles. The molecule has 0 radical (unpaired) electrons. The van der Waals surface area contributed by atoms with Crippen LogP contribution in [0.25, 0.3) is 0 Å². The number of ether oxygens (including phenoxy) is 1. The maximum absolute atomic E-state index is 12.2. The molecule has 5 nitrogen and oxygen atoms in total. The van der Waals surface area contributed by atoms with Crippen LogP contribution in [0, 0.1) is 6.92 Å². The van der Waals surface area contributed by atoms with Crippen LogP contribution < -0.4 is 15.4 Å². The first-order valence-corrected chi connectivity index (χ1v) is 9.98. The highest BCUT2D eigenvalue weighted by Gasteiger charge is 2.13. The van der Waals surface area contributed by atoms with E-state index in [2.05, 4.69) is 10.6 Å². The summed E-state index contributed by atoms with van der Waals surface area (Å²) < 4.78 is 5.79. The Morgan fingerprint density at radius 2 is 1.73 bits per heavy atom. The number of aryl methyl sites for hydroxylation is 1. The average molecular weight is 443 g/mol. The number of hydrogen-bond donors (Lipinski definition) is 2. The lowest BCUT2D eigenvalue weighted by atomic mass is 10.2. The van der Waals surface area contributed by atoms with Crippen LogP contribution in [0.5, 0.6) is 5.75 Å². The van der Waals surface area contributed by atoms with Gasteiger partial charge < -0.3 is 15.4 Å². The van der Waals surface area contributed by atoms with Crippen molar-refractivity contribution in [1.82, 2.24) is 5.32 Å². The highest BCUT2D eigenvalue weighted by molar-refractivity contribution is 6.36. The molecule has 0 aromatic heterocycles. The van der Waals surface area contributed by atoms with E-state index in [-0.39, 0.29) is 23.0 Å². The molecule has 0 saturated carbocycles. The van der Waals surface area contributed by atoms with E-state index in [1.54, 1.807) is 18.2 Å². The third-order valence-electron chi connectivity index (χ3n) is 4.31. The number of halogens is 2. The summed E-state index contributed by atoms with van der Waals surface area (Å²) in [7, 11) is 0. The molecule has 0 fully saturated rings. The molecule has 0 aliphatic carbocycles. The lowest BCUT2D eigenvalue weighted by molar-refractivity contribution is -0.115. The van der Waals surface area contributed by atoms with Gasteiger partial charge in [-0.25, -0.2) is 0 Å². The Hall–Kier alpha value is -3.02. The van der Waals surface area contributed by atoms with E-state index in [0.717, 1.165) is 11.1 Å². The number of carbonyl (C=O) groups is 2. The van der Waals surface area contributed by atoms with Gasteiger partial charge in [0.15, 0.2) is 0 Å².